The highest BCUT2D eigenvalue weighted by atomic mass is 31.2. The number of rotatable bonds is 33. The summed E-state index contributed by atoms with van der Waals surface area (Å²) in [5.74, 6) is -2.38. The van der Waals surface area contributed by atoms with Crippen LogP contribution in [-0.4, -0.2) is 64.9 Å². The Labute approximate surface area is 277 Å². The maximum Gasteiger partial charge on any atom is 0.472 e. The highest BCUT2D eigenvalue weighted by molar-refractivity contribution is 7.47. The van der Waals surface area contributed by atoms with E-state index in [0.717, 1.165) is 57.8 Å². The molecule has 0 saturated heterocycles. The maximum absolute atomic E-state index is 12.2. The number of aliphatic hydroxyl groups excluding tert-OH is 1. The highest BCUT2D eigenvalue weighted by Gasteiger charge is 2.28. The lowest BCUT2D eigenvalue weighted by molar-refractivity contribution is -0.147. The maximum atomic E-state index is 12.2. The van der Waals surface area contributed by atoms with Crippen LogP contribution in [0.25, 0.3) is 0 Å². The number of hydrogen-bond acceptors (Lipinski definition) is 8. The van der Waals surface area contributed by atoms with Crippen molar-refractivity contribution in [3.05, 3.63) is 12.2 Å². The highest BCUT2D eigenvalue weighted by Crippen LogP contribution is 2.43. The second-order valence-corrected chi connectivity index (χ2v) is 13.5. The molecule has 0 aliphatic carbocycles. The third-order valence-corrected chi connectivity index (χ3v) is 8.51. The number of aliphatic hydroxyl groups is 1. The number of esters is 1. The van der Waals surface area contributed by atoms with Gasteiger partial charge in [-0.05, 0) is 38.5 Å². The van der Waals surface area contributed by atoms with E-state index in [9.17, 15) is 34.1 Å². The van der Waals surface area contributed by atoms with Crippen molar-refractivity contribution >= 4 is 25.7 Å². The van der Waals surface area contributed by atoms with E-state index >= 15 is 0 Å². The van der Waals surface area contributed by atoms with Gasteiger partial charge in [-0.1, -0.05) is 116 Å². The molecule has 0 radical (unpaired) electrons. The van der Waals surface area contributed by atoms with Crippen LogP contribution in [0.3, 0.4) is 0 Å². The molecule has 3 unspecified atom stereocenters. The van der Waals surface area contributed by atoms with Gasteiger partial charge in [0.1, 0.15) is 12.7 Å². The number of hydrogen-bond donors (Lipinski definition) is 4. The standard InChI is InChI=1S/C34H64NO10P/c1-3-5-7-9-11-13-14-15-16-18-20-22-24-26-33(38)43-27-30(36)28-44-46(41,42)45-29-31(34(39)40)35-32(37)25-23-21-19-17-12-10-8-6-4-2/h13-14,30-31,36H,3-12,15-29H2,1-2H3,(H,35,37)(H,39,40)(H,41,42)/b14-13-. The van der Waals surface area contributed by atoms with Crippen molar-refractivity contribution in [1.29, 1.82) is 0 Å². The molecule has 11 nitrogen and oxygen atoms in total. The Balaban J connectivity index is 3.99. The van der Waals surface area contributed by atoms with Crippen molar-refractivity contribution in [2.24, 2.45) is 0 Å². The molecule has 0 saturated carbocycles. The molecule has 0 spiro atoms. The third-order valence-electron chi connectivity index (χ3n) is 7.55. The summed E-state index contributed by atoms with van der Waals surface area (Å²) in [6.07, 6.45) is 25.4. The number of aliphatic carboxylic acids is 1. The molecule has 46 heavy (non-hydrogen) atoms. The van der Waals surface area contributed by atoms with E-state index < -0.39 is 57.6 Å². The number of allylic oxidation sites excluding steroid dienone is 2. The Morgan fingerprint density at radius 3 is 1.67 bits per heavy atom. The van der Waals surface area contributed by atoms with E-state index in [4.69, 9.17) is 13.8 Å². The molecule has 0 bridgehead atoms. The van der Waals surface area contributed by atoms with Crippen molar-refractivity contribution in [3.8, 4) is 0 Å². The number of carbonyl (C=O) groups is 3. The Morgan fingerprint density at radius 2 is 1.13 bits per heavy atom. The Hall–Kier alpha value is -1.78. The normalized spacial score (nSPS) is 14.2. The zero-order valence-corrected chi connectivity index (χ0v) is 29.5. The van der Waals surface area contributed by atoms with Gasteiger partial charge in [0.15, 0.2) is 6.04 Å². The van der Waals surface area contributed by atoms with Gasteiger partial charge in [0.2, 0.25) is 5.91 Å². The summed E-state index contributed by atoms with van der Waals surface area (Å²) in [5.41, 5.74) is 0. The third kappa shape index (κ3) is 29.6. The molecule has 0 aromatic carbocycles. The Kier molecular flexibility index (Phi) is 29.4. The molecule has 0 aliphatic heterocycles. The van der Waals surface area contributed by atoms with E-state index in [1.165, 1.54) is 57.8 Å². The molecule has 0 fully saturated rings. The number of carboxylic acid groups (broad SMARTS) is 1. The number of unbranched alkanes of at least 4 members (excludes halogenated alkanes) is 17. The lowest BCUT2D eigenvalue weighted by Gasteiger charge is -2.18. The molecule has 1 amide bonds. The van der Waals surface area contributed by atoms with Crippen molar-refractivity contribution in [2.75, 3.05) is 19.8 Å². The summed E-state index contributed by atoms with van der Waals surface area (Å²) >= 11 is 0. The van der Waals surface area contributed by atoms with Gasteiger partial charge in [0.05, 0.1) is 13.2 Å². The zero-order chi connectivity index (χ0) is 34.3. The van der Waals surface area contributed by atoms with Crippen LogP contribution < -0.4 is 5.32 Å². The van der Waals surface area contributed by atoms with Gasteiger partial charge in [0.25, 0.3) is 0 Å². The van der Waals surface area contributed by atoms with Crippen LogP contribution in [0.5, 0.6) is 0 Å². The van der Waals surface area contributed by atoms with Crippen molar-refractivity contribution in [1.82, 2.24) is 5.32 Å². The Morgan fingerprint density at radius 1 is 0.674 bits per heavy atom. The SMILES string of the molecule is CCCCCC/C=C\CCCCCCCC(=O)OCC(O)COP(=O)(O)OCC(NC(=O)CCCCCCCCCCC)C(=O)O. The van der Waals surface area contributed by atoms with Gasteiger partial charge in [0, 0.05) is 12.8 Å². The van der Waals surface area contributed by atoms with Gasteiger partial charge in [-0.3, -0.25) is 18.6 Å². The number of amides is 1. The molecule has 270 valence electrons. The number of phosphoric ester groups is 1. The lowest BCUT2D eigenvalue weighted by Crippen LogP contribution is -2.43. The summed E-state index contributed by atoms with van der Waals surface area (Å²) < 4.78 is 26.6. The van der Waals surface area contributed by atoms with Crippen molar-refractivity contribution in [3.63, 3.8) is 0 Å². The lowest BCUT2D eigenvalue weighted by atomic mass is 10.1. The predicted octanol–water partition coefficient (Wildman–Crippen LogP) is 7.77. The molecule has 0 aromatic heterocycles. The molecule has 0 aliphatic rings. The average molecular weight is 678 g/mol. The smallest absolute Gasteiger partial charge is 0.472 e. The first-order chi connectivity index (χ1) is 22.1. The number of nitrogens with one attached hydrogen (secondary N) is 1. The minimum absolute atomic E-state index is 0.148. The molecule has 3 atom stereocenters. The first-order valence-electron chi connectivity index (χ1n) is 17.7. The summed E-state index contributed by atoms with van der Waals surface area (Å²) in [4.78, 5) is 45.5. The monoisotopic (exact) mass is 677 g/mol. The van der Waals surface area contributed by atoms with Crippen LogP contribution in [0.2, 0.25) is 0 Å². The largest absolute Gasteiger partial charge is 0.480 e. The number of phosphoric acid groups is 1. The van der Waals surface area contributed by atoms with Gasteiger partial charge in [-0.25, -0.2) is 9.36 Å². The fourth-order valence-electron chi connectivity index (χ4n) is 4.72. The first-order valence-corrected chi connectivity index (χ1v) is 19.2. The second kappa shape index (κ2) is 30.5. The van der Waals surface area contributed by atoms with Gasteiger partial charge < -0.3 is 25.2 Å². The van der Waals surface area contributed by atoms with Crippen molar-refractivity contribution < 1.29 is 47.8 Å². The minimum atomic E-state index is -4.74. The van der Waals surface area contributed by atoms with Crippen LogP contribution in [0.4, 0.5) is 0 Å². The fourth-order valence-corrected chi connectivity index (χ4v) is 5.49. The van der Waals surface area contributed by atoms with Crippen molar-refractivity contribution in [2.45, 2.75) is 167 Å². The van der Waals surface area contributed by atoms with E-state index in [2.05, 4.69) is 31.3 Å². The number of carbonyl (C=O) groups excluding carboxylic acids is 2. The molecular weight excluding hydrogens is 613 g/mol. The van der Waals surface area contributed by atoms with E-state index in [1.54, 1.807) is 0 Å². The number of carboxylic acids is 1. The summed E-state index contributed by atoms with van der Waals surface area (Å²) in [6, 6.07) is -1.54. The van der Waals surface area contributed by atoms with Crippen LogP contribution in [0.15, 0.2) is 12.2 Å². The number of ether oxygens (including phenoxy) is 1. The molecule has 12 heteroatoms. The predicted molar refractivity (Wildman–Crippen MR) is 180 cm³/mol. The van der Waals surface area contributed by atoms with Gasteiger partial charge in [-0.2, -0.15) is 0 Å². The molecule has 0 aromatic rings. The fraction of sp³-hybridized carbons (Fsp3) is 0.853. The van der Waals surface area contributed by atoms with E-state index in [0.29, 0.717) is 12.8 Å². The van der Waals surface area contributed by atoms with Crippen LogP contribution in [0, 0.1) is 0 Å². The van der Waals surface area contributed by atoms with Crippen LogP contribution >= 0.6 is 7.82 Å². The minimum Gasteiger partial charge on any atom is -0.480 e. The second-order valence-electron chi connectivity index (χ2n) is 12.1. The molecular formula is C34H64NO10P. The Bertz CT molecular complexity index is 854. The van der Waals surface area contributed by atoms with E-state index in [1.807, 2.05) is 0 Å². The van der Waals surface area contributed by atoms with Gasteiger partial charge >= 0.3 is 19.8 Å². The van der Waals surface area contributed by atoms with Gasteiger partial charge in [-0.15, -0.1) is 0 Å². The first kappa shape index (κ1) is 44.2. The zero-order valence-electron chi connectivity index (χ0n) is 28.6. The van der Waals surface area contributed by atoms with Crippen LogP contribution in [-0.2, 0) is 32.7 Å². The topological polar surface area (TPSA) is 169 Å². The summed E-state index contributed by atoms with van der Waals surface area (Å²) in [5, 5.41) is 21.6. The molecule has 0 heterocycles. The summed E-state index contributed by atoms with van der Waals surface area (Å²) in [6.45, 7) is 2.50. The van der Waals surface area contributed by atoms with Crippen LogP contribution in [0.1, 0.15) is 155 Å². The molecule has 4 N–H and O–H groups in total. The van der Waals surface area contributed by atoms with E-state index in [-0.39, 0.29) is 12.8 Å². The summed E-state index contributed by atoms with van der Waals surface area (Å²) in [7, 11) is -4.74. The average Bonchev–Trinajstić information content (AvgIpc) is 3.02. The quantitative estimate of drug-likeness (QED) is 0.0233. The molecule has 0 rings (SSSR count).